The molecule has 0 radical (unpaired) electrons. The lowest BCUT2D eigenvalue weighted by molar-refractivity contribution is -0.385. The molecule has 124 valence electrons. The highest BCUT2D eigenvalue weighted by Gasteiger charge is 2.31. The second-order valence-electron chi connectivity index (χ2n) is 5.47. The minimum absolute atomic E-state index is 0.0566. The third kappa shape index (κ3) is 3.42. The molecule has 0 spiro atoms. The monoisotopic (exact) mass is 328 g/mol. The van der Waals surface area contributed by atoms with E-state index in [2.05, 4.69) is 0 Å². The number of hydroxylamine groups is 2. The summed E-state index contributed by atoms with van der Waals surface area (Å²) >= 11 is 0. The van der Waals surface area contributed by atoms with Crippen molar-refractivity contribution >= 4 is 11.6 Å². The summed E-state index contributed by atoms with van der Waals surface area (Å²) in [6.07, 6.45) is -1.14. The maximum absolute atomic E-state index is 12.5. The molecule has 1 saturated heterocycles. The Balaban J connectivity index is 1.82. The van der Waals surface area contributed by atoms with E-state index in [1.807, 2.05) is 13.0 Å². The number of nitro groups is 1. The number of ether oxygens (including phenoxy) is 1. The summed E-state index contributed by atoms with van der Waals surface area (Å²) in [5, 5.41) is 12.2. The van der Waals surface area contributed by atoms with Gasteiger partial charge in [-0.2, -0.15) is 0 Å². The average Bonchev–Trinajstić information content (AvgIpc) is 2.61. The number of rotatable bonds is 3. The lowest BCUT2D eigenvalue weighted by Crippen LogP contribution is -2.44. The first-order valence-corrected chi connectivity index (χ1v) is 7.48. The standard InChI is InChI=1S/C17H16N2O5/c1-12-11-18(16(20)13-6-3-2-4-7-13)24-17(23-12)14-8-5-9-15(10-14)19(21)22/h2-10,12,17H,11H2,1H3/t12-,17-/m1/s1. The maximum Gasteiger partial charge on any atom is 0.277 e. The zero-order valence-electron chi connectivity index (χ0n) is 13.0. The zero-order valence-corrected chi connectivity index (χ0v) is 13.0. The number of benzene rings is 2. The number of amides is 1. The highest BCUT2D eigenvalue weighted by Crippen LogP contribution is 2.29. The molecule has 1 aliphatic rings. The quantitative estimate of drug-likeness (QED) is 0.639. The van der Waals surface area contributed by atoms with E-state index >= 15 is 0 Å². The second-order valence-corrected chi connectivity index (χ2v) is 5.47. The van der Waals surface area contributed by atoms with Crippen molar-refractivity contribution in [2.75, 3.05) is 6.54 Å². The van der Waals surface area contributed by atoms with Crippen molar-refractivity contribution in [3.8, 4) is 0 Å². The first-order chi connectivity index (χ1) is 11.5. The van der Waals surface area contributed by atoms with Crippen molar-refractivity contribution < 1.29 is 19.3 Å². The van der Waals surface area contributed by atoms with Crippen LogP contribution in [0.2, 0.25) is 0 Å². The van der Waals surface area contributed by atoms with Gasteiger partial charge in [-0.05, 0) is 19.1 Å². The van der Waals surface area contributed by atoms with Gasteiger partial charge >= 0.3 is 0 Å². The fourth-order valence-electron chi connectivity index (χ4n) is 2.45. The van der Waals surface area contributed by atoms with E-state index in [1.165, 1.54) is 17.2 Å². The van der Waals surface area contributed by atoms with Crippen LogP contribution in [0.25, 0.3) is 0 Å². The van der Waals surface area contributed by atoms with Gasteiger partial charge in [0, 0.05) is 23.3 Å². The van der Waals surface area contributed by atoms with E-state index in [1.54, 1.807) is 36.4 Å². The van der Waals surface area contributed by atoms with Crippen LogP contribution in [0.1, 0.15) is 29.1 Å². The van der Waals surface area contributed by atoms with E-state index in [-0.39, 0.29) is 24.2 Å². The summed E-state index contributed by atoms with van der Waals surface area (Å²) in [4.78, 5) is 28.6. The van der Waals surface area contributed by atoms with Crippen LogP contribution in [-0.2, 0) is 9.57 Å². The van der Waals surface area contributed by atoms with Gasteiger partial charge in [-0.1, -0.05) is 30.3 Å². The van der Waals surface area contributed by atoms with E-state index in [0.29, 0.717) is 11.1 Å². The van der Waals surface area contributed by atoms with Crippen LogP contribution in [0.5, 0.6) is 0 Å². The number of non-ortho nitro benzene ring substituents is 1. The molecule has 1 heterocycles. The maximum atomic E-state index is 12.5. The SMILES string of the molecule is C[C@@H]1CN(C(=O)c2ccccc2)O[C@H](c2cccc([N+](=O)[O-])c2)O1. The van der Waals surface area contributed by atoms with Crippen LogP contribution < -0.4 is 0 Å². The molecule has 3 rings (SSSR count). The molecular formula is C17H16N2O5. The van der Waals surface area contributed by atoms with Crippen LogP contribution in [-0.4, -0.2) is 28.5 Å². The molecule has 2 aromatic rings. The Kier molecular flexibility index (Phi) is 4.54. The van der Waals surface area contributed by atoms with E-state index in [9.17, 15) is 14.9 Å². The number of nitro benzene ring substituents is 1. The lowest BCUT2D eigenvalue weighted by atomic mass is 10.2. The number of hydrogen-bond acceptors (Lipinski definition) is 5. The van der Waals surface area contributed by atoms with Gasteiger partial charge in [0.25, 0.3) is 11.6 Å². The van der Waals surface area contributed by atoms with Gasteiger partial charge in [-0.3, -0.25) is 14.9 Å². The van der Waals surface area contributed by atoms with Crippen LogP contribution in [0.3, 0.4) is 0 Å². The van der Waals surface area contributed by atoms with Gasteiger partial charge in [0.2, 0.25) is 6.29 Å². The van der Waals surface area contributed by atoms with Gasteiger partial charge < -0.3 is 4.74 Å². The third-order valence-electron chi connectivity index (χ3n) is 3.60. The number of hydrogen-bond donors (Lipinski definition) is 0. The molecule has 0 aromatic heterocycles. The minimum Gasteiger partial charge on any atom is -0.342 e. The summed E-state index contributed by atoms with van der Waals surface area (Å²) < 4.78 is 5.68. The summed E-state index contributed by atoms with van der Waals surface area (Å²) in [5.41, 5.74) is 0.935. The summed E-state index contributed by atoms with van der Waals surface area (Å²) in [5.74, 6) is -0.277. The molecule has 1 aliphatic heterocycles. The number of carbonyl (C=O) groups excluding carboxylic acids is 1. The van der Waals surface area contributed by atoms with Crippen molar-refractivity contribution in [1.82, 2.24) is 5.06 Å². The minimum atomic E-state index is -0.874. The topological polar surface area (TPSA) is 81.9 Å². The Hall–Kier alpha value is -2.77. The van der Waals surface area contributed by atoms with Gasteiger partial charge in [0.1, 0.15) is 0 Å². The van der Waals surface area contributed by atoms with Crippen LogP contribution in [0.4, 0.5) is 5.69 Å². The van der Waals surface area contributed by atoms with Crippen molar-refractivity contribution in [3.05, 3.63) is 75.8 Å². The third-order valence-corrected chi connectivity index (χ3v) is 3.60. The predicted molar refractivity (Wildman–Crippen MR) is 84.9 cm³/mol. The fourth-order valence-corrected chi connectivity index (χ4v) is 2.45. The average molecular weight is 328 g/mol. The van der Waals surface area contributed by atoms with Gasteiger partial charge in [0.05, 0.1) is 17.6 Å². The Bertz CT molecular complexity index is 750. The van der Waals surface area contributed by atoms with Crippen LogP contribution >= 0.6 is 0 Å². The smallest absolute Gasteiger partial charge is 0.277 e. The second kappa shape index (κ2) is 6.77. The molecule has 0 N–H and O–H groups in total. The Morgan fingerprint density at radius 1 is 1.21 bits per heavy atom. The summed E-state index contributed by atoms with van der Waals surface area (Å²) in [6, 6.07) is 14.8. The number of nitrogens with zero attached hydrogens (tertiary/aromatic N) is 2. The molecular weight excluding hydrogens is 312 g/mol. The fraction of sp³-hybridized carbons (Fsp3) is 0.235. The van der Waals surface area contributed by atoms with Crippen LogP contribution in [0.15, 0.2) is 54.6 Å². The first-order valence-electron chi connectivity index (χ1n) is 7.48. The molecule has 2 aromatic carbocycles. The van der Waals surface area contributed by atoms with Gasteiger partial charge in [0.15, 0.2) is 0 Å². The van der Waals surface area contributed by atoms with Crippen molar-refractivity contribution in [3.63, 3.8) is 0 Å². The van der Waals surface area contributed by atoms with Crippen molar-refractivity contribution in [1.29, 1.82) is 0 Å². The normalized spacial score (nSPS) is 20.6. The molecule has 0 bridgehead atoms. The molecule has 7 heteroatoms. The van der Waals surface area contributed by atoms with E-state index in [4.69, 9.17) is 9.57 Å². The van der Waals surface area contributed by atoms with Crippen LogP contribution in [0, 0.1) is 10.1 Å². The zero-order chi connectivity index (χ0) is 17.1. The van der Waals surface area contributed by atoms with E-state index in [0.717, 1.165) is 0 Å². The van der Waals surface area contributed by atoms with Crippen molar-refractivity contribution in [2.24, 2.45) is 0 Å². The number of carbonyl (C=O) groups is 1. The molecule has 1 fully saturated rings. The highest BCUT2D eigenvalue weighted by atomic mass is 16.8. The summed E-state index contributed by atoms with van der Waals surface area (Å²) in [6.45, 7) is 2.09. The lowest BCUT2D eigenvalue weighted by Gasteiger charge is -2.35. The summed E-state index contributed by atoms with van der Waals surface area (Å²) in [7, 11) is 0. The molecule has 0 unspecified atom stereocenters. The predicted octanol–water partition coefficient (Wildman–Crippen LogP) is 3.09. The Morgan fingerprint density at radius 3 is 2.67 bits per heavy atom. The molecule has 2 atom stereocenters. The molecule has 1 amide bonds. The molecule has 24 heavy (non-hydrogen) atoms. The largest absolute Gasteiger partial charge is 0.342 e. The van der Waals surface area contributed by atoms with Gasteiger partial charge in [-0.15, -0.1) is 0 Å². The Morgan fingerprint density at radius 2 is 1.96 bits per heavy atom. The Labute approximate surface area is 138 Å². The highest BCUT2D eigenvalue weighted by molar-refractivity contribution is 5.93. The van der Waals surface area contributed by atoms with Gasteiger partial charge in [-0.25, -0.2) is 9.90 Å². The molecule has 7 nitrogen and oxygen atoms in total. The molecule has 0 aliphatic carbocycles. The first kappa shape index (κ1) is 16.1. The van der Waals surface area contributed by atoms with Crippen molar-refractivity contribution in [2.45, 2.75) is 19.3 Å². The molecule has 0 saturated carbocycles. The van der Waals surface area contributed by atoms with E-state index < -0.39 is 11.2 Å².